The maximum absolute atomic E-state index is 12.4. The molecular formula is C36H69NO10. The Balaban J connectivity index is 3.24. The Labute approximate surface area is 286 Å². The van der Waals surface area contributed by atoms with Crippen LogP contribution in [0, 0.1) is 0 Å². The summed E-state index contributed by atoms with van der Waals surface area (Å²) in [6, 6.07) is -0.619. The molecule has 0 spiro atoms. The van der Waals surface area contributed by atoms with Crippen LogP contribution in [0.4, 0.5) is 0 Å². The average Bonchev–Trinajstić information content (AvgIpc) is 3.06. The lowest BCUT2D eigenvalue weighted by molar-refractivity contribution is -0.300. The van der Waals surface area contributed by atoms with E-state index in [1.807, 2.05) is 0 Å². The minimum absolute atomic E-state index is 0.0774. The molecule has 7 atom stereocenters. The minimum Gasteiger partial charge on any atom is -0.379 e. The first-order valence-electron chi connectivity index (χ1n) is 18.3. The van der Waals surface area contributed by atoms with Crippen molar-refractivity contribution in [3.63, 3.8) is 0 Å². The predicted octanol–water partition coefficient (Wildman–Crippen LogP) is 5.97. The molecule has 1 heterocycles. The highest BCUT2D eigenvalue weighted by atomic mass is 16.7. The third-order valence-corrected chi connectivity index (χ3v) is 7.76. The fourth-order valence-corrected chi connectivity index (χ4v) is 4.94. The van der Waals surface area contributed by atoms with Crippen molar-refractivity contribution in [1.29, 1.82) is 0 Å². The molecule has 1 aliphatic heterocycles. The Morgan fingerprint density at radius 3 is 1.85 bits per heavy atom. The smallest absolute Gasteiger partial charge is 0.217 e. The molecule has 0 radical (unpaired) electrons. The van der Waals surface area contributed by atoms with E-state index in [4.69, 9.17) is 42.6 Å². The molecule has 0 aliphatic carbocycles. The van der Waals surface area contributed by atoms with Gasteiger partial charge in [0.1, 0.15) is 43.4 Å². The van der Waals surface area contributed by atoms with Gasteiger partial charge >= 0.3 is 0 Å². The summed E-state index contributed by atoms with van der Waals surface area (Å²) in [5, 5.41) is 3.00. The summed E-state index contributed by atoms with van der Waals surface area (Å²) in [5.74, 6) is -0.220. The number of ether oxygens (including phenoxy) is 9. The molecular weight excluding hydrogens is 606 g/mol. The zero-order chi connectivity index (χ0) is 34.5. The number of rotatable bonds is 32. The lowest BCUT2D eigenvalue weighted by atomic mass is 9.96. The number of nitrogens with one attached hydrogen (secondary N) is 1. The van der Waals surface area contributed by atoms with Gasteiger partial charge in [-0.2, -0.15) is 0 Å². The molecule has 3 unspecified atom stereocenters. The number of unbranched alkanes of at least 4 members (excludes halogenated alkanes) is 5. The number of amides is 1. The highest BCUT2D eigenvalue weighted by Crippen LogP contribution is 2.28. The van der Waals surface area contributed by atoms with E-state index in [2.05, 4.69) is 46.5 Å². The van der Waals surface area contributed by atoms with Gasteiger partial charge in [0, 0.05) is 40.0 Å². The molecule has 47 heavy (non-hydrogen) atoms. The Hall–Kier alpha value is -1.15. The van der Waals surface area contributed by atoms with Gasteiger partial charge in [0.15, 0.2) is 6.29 Å². The molecule has 11 heteroatoms. The monoisotopic (exact) mass is 675 g/mol. The lowest BCUT2D eigenvalue weighted by Gasteiger charge is -2.46. The number of hydrogen-bond acceptors (Lipinski definition) is 10. The van der Waals surface area contributed by atoms with Crippen LogP contribution in [0.3, 0.4) is 0 Å². The second kappa shape index (κ2) is 29.7. The van der Waals surface area contributed by atoms with Crippen molar-refractivity contribution in [2.75, 3.05) is 66.3 Å². The molecule has 1 aliphatic rings. The van der Waals surface area contributed by atoms with E-state index in [9.17, 15) is 4.79 Å². The largest absolute Gasteiger partial charge is 0.379 e. The van der Waals surface area contributed by atoms with E-state index < -0.39 is 36.7 Å². The highest BCUT2D eigenvalue weighted by molar-refractivity contribution is 5.73. The summed E-state index contributed by atoms with van der Waals surface area (Å²) >= 11 is 0. The summed E-state index contributed by atoms with van der Waals surface area (Å²) in [6.45, 7) is 20.1. The molecule has 0 saturated carbocycles. The Morgan fingerprint density at radius 2 is 1.28 bits per heavy atom. The van der Waals surface area contributed by atoms with E-state index in [1.54, 1.807) is 6.08 Å². The standard InChI is InChI=1S/C36H69NO10/c1-8-14-20-39-25-30(42-23-17-11-4)31(26-40-21-15-9-2)45-28-46-34-32(27-41-22-16-10-3)47-36(44-24-18-12-5)33(37-29(7)38)35(34)43-19-13-6/h13,30-36H,6,8-12,14-28H2,1-5,7H3,(H,37,38)/t30-,31?,32?,33?,34+,35+,36-/m0/s1. The zero-order valence-corrected chi connectivity index (χ0v) is 30.6. The van der Waals surface area contributed by atoms with Crippen LogP contribution in [0.1, 0.15) is 106 Å². The van der Waals surface area contributed by atoms with E-state index in [0.29, 0.717) is 46.2 Å². The zero-order valence-electron chi connectivity index (χ0n) is 30.6. The fraction of sp³-hybridized carbons (Fsp3) is 0.917. The Morgan fingerprint density at radius 1 is 0.723 bits per heavy atom. The van der Waals surface area contributed by atoms with Gasteiger partial charge in [-0.25, -0.2) is 0 Å². The highest BCUT2D eigenvalue weighted by Gasteiger charge is 2.48. The third-order valence-electron chi connectivity index (χ3n) is 7.76. The van der Waals surface area contributed by atoms with E-state index in [0.717, 1.165) is 64.2 Å². The van der Waals surface area contributed by atoms with Crippen LogP contribution in [-0.4, -0.2) is 115 Å². The van der Waals surface area contributed by atoms with Crippen LogP contribution < -0.4 is 5.32 Å². The SMILES string of the molecule is C=CCO[C@@H]1C(NC(C)=O)[C@@H](OCCCC)OC(COCCCC)[C@H]1OCOC(COCCCC)[C@H](COCCCC)OCCCC. The van der Waals surface area contributed by atoms with E-state index in [1.165, 1.54) is 6.92 Å². The lowest BCUT2D eigenvalue weighted by Crippen LogP contribution is -2.66. The predicted molar refractivity (Wildman–Crippen MR) is 184 cm³/mol. The van der Waals surface area contributed by atoms with Crippen LogP contribution in [0.25, 0.3) is 0 Å². The van der Waals surface area contributed by atoms with Crippen molar-refractivity contribution in [3.8, 4) is 0 Å². The third kappa shape index (κ3) is 19.6. The van der Waals surface area contributed by atoms with Gasteiger partial charge in [-0.05, 0) is 32.1 Å². The first-order valence-corrected chi connectivity index (χ1v) is 18.3. The van der Waals surface area contributed by atoms with Crippen molar-refractivity contribution < 1.29 is 47.4 Å². The van der Waals surface area contributed by atoms with E-state index in [-0.39, 0.29) is 32.0 Å². The summed E-state index contributed by atoms with van der Waals surface area (Å²) in [5.41, 5.74) is 0. The van der Waals surface area contributed by atoms with Gasteiger partial charge in [-0.15, -0.1) is 6.58 Å². The van der Waals surface area contributed by atoms with Crippen LogP contribution in [0.15, 0.2) is 12.7 Å². The van der Waals surface area contributed by atoms with Gasteiger partial charge < -0.3 is 47.9 Å². The minimum atomic E-state index is -0.739. The molecule has 1 N–H and O–H groups in total. The van der Waals surface area contributed by atoms with Crippen LogP contribution in [0.5, 0.6) is 0 Å². The summed E-state index contributed by atoms with van der Waals surface area (Å²) in [6.07, 6.45) is 8.20. The summed E-state index contributed by atoms with van der Waals surface area (Å²) in [4.78, 5) is 12.4. The molecule has 0 bridgehead atoms. The molecule has 1 fully saturated rings. The van der Waals surface area contributed by atoms with Crippen molar-refractivity contribution in [3.05, 3.63) is 12.7 Å². The van der Waals surface area contributed by atoms with Crippen molar-refractivity contribution >= 4 is 5.91 Å². The van der Waals surface area contributed by atoms with Gasteiger partial charge in [0.25, 0.3) is 0 Å². The van der Waals surface area contributed by atoms with Gasteiger partial charge in [0.05, 0.1) is 26.4 Å². The first-order chi connectivity index (χ1) is 23.0. The topological polar surface area (TPSA) is 112 Å². The number of carbonyl (C=O) groups is 1. The number of hydrogen-bond donors (Lipinski definition) is 1. The molecule has 0 aromatic rings. The van der Waals surface area contributed by atoms with Crippen molar-refractivity contribution in [1.82, 2.24) is 5.32 Å². The van der Waals surface area contributed by atoms with Crippen LogP contribution >= 0.6 is 0 Å². The van der Waals surface area contributed by atoms with Crippen LogP contribution in [0.2, 0.25) is 0 Å². The van der Waals surface area contributed by atoms with Gasteiger partial charge in [0.2, 0.25) is 5.91 Å². The maximum Gasteiger partial charge on any atom is 0.217 e. The van der Waals surface area contributed by atoms with Gasteiger partial charge in [-0.3, -0.25) is 4.79 Å². The molecule has 1 saturated heterocycles. The maximum atomic E-state index is 12.4. The molecule has 1 rings (SSSR count). The molecule has 0 aromatic carbocycles. The average molecular weight is 676 g/mol. The summed E-state index contributed by atoms with van der Waals surface area (Å²) < 4.78 is 56.1. The quantitative estimate of drug-likeness (QED) is 0.0520. The Kier molecular flexibility index (Phi) is 27.8. The van der Waals surface area contributed by atoms with E-state index >= 15 is 0 Å². The molecule has 11 nitrogen and oxygen atoms in total. The second-order valence-corrected chi connectivity index (χ2v) is 12.1. The van der Waals surface area contributed by atoms with Crippen molar-refractivity contribution in [2.45, 2.75) is 149 Å². The normalized spacial score (nSPS) is 22.6. The van der Waals surface area contributed by atoms with Gasteiger partial charge in [-0.1, -0.05) is 72.8 Å². The number of carbonyl (C=O) groups excluding carboxylic acids is 1. The fourth-order valence-electron chi connectivity index (χ4n) is 4.94. The summed E-state index contributed by atoms with van der Waals surface area (Å²) in [7, 11) is 0. The first kappa shape index (κ1) is 43.9. The second-order valence-electron chi connectivity index (χ2n) is 12.1. The molecule has 1 amide bonds. The molecule has 278 valence electrons. The molecule has 0 aromatic heterocycles. The Bertz CT molecular complexity index is 745. The van der Waals surface area contributed by atoms with Crippen molar-refractivity contribution in [2.24, 2.45) is 0 Å². The van der Waals surface area contributed by atoms with Crippen LogP contribution in [-0.2, 0) is 47.4 Å².